The summed E-state index contributed by atoms with van der Waals surface area (Å²) in [6.45, 7) is 6.82. The highest BCUT2D eigenvalue weighted by atomic mass is 16.2. The fourth-order valence-corrected chi connectivity index (χ4v) is 3.79. The molecule has 3 heterocycles. The van der Waals surface area contributed by atoms with Gasteiger partial charge in [0, 0.05) is 42.4 Å². The number of aryl methyl sites for hydroxylation is 2. The minimum atomic E-state index is 0.115. The second-order valence-corrected chi connectivity index (χ2v) is 7.06. The van der Waals surface area contributed by atoms with E-state index < -0.39 is 0 Å². The molecule has 1 amide bonds. The number of piperidine rings is 1. The number of likely N-dealkylation sites (tertiary alicyclic amines) is 1. The Morgan fingerprint density at radius 3 is 2.68 bits per heavy atom. The minimum absolute atomic E-state index is 0.115. The van der Waals surface area contributed by atoms with E-state index in [1.807, 2.05) is 41.4 Å². The molecule has 1 aliphatic rings. The largest absolute Gasteiger partial charge is 0.351 e. The standard InChI is InChI=1S/C20H24N4O/c1-14-12-21-15(2)24(14)13-16-7-9-23(10-8-16)20(25)19-11-17-5-3-4-6-18(17)22-19/h3-6,11-12,16,22H,7-10,13H2,1-2H3. The Labute approximate surface area is 147 Å². The number of carbonyl (C=O) groups is 1. The van der Waals surface area contributed by atoms with Crippen LogP contribution >= 0.6 is 0 Å². The smallest absolute Gasteiger partial charge is 0.270 e. The fourth-order valence-electron chi connectivity index (χ4n) is 3.79. The van der Waals surface area contributed by atoms with Crippen LogP contribution in [0, 0.1) is 19.8 Å². The molecule has 0 spiro atoms. The summed E-state index contributed by atoms with van der Waals surface area (Å²) < 4.78 is 2.29. The van der Waals surface area contributed by atoms with E-state index in [1.165, 1.54) is 5.69 Å². The summed E-state index contributed by atoms with van der Waals surface area (Å²) in [5.74, 6) is 1.80. The Bertz CT molecular complexity index is 847. The van der Waals surface area contributed by atoms with Crippen LogP contribution in [-0.4, -0.2) is 38.4 Å². The number of aromatic amines is 1. The summed E-state index contributed by atoms with van der Waals surface area (Å²) >= 11 is 0. The van der Waals surface area contributed by atoms with Crippen molar-refractivity contribution in [2.24, 2.45) is 5.92 Å². The number of benzene rings is 1. The molecular formula is C20H24N4O. The SMILES string of the molecule is Cc1cnc(C)n1CC1CCN(C(=O)c2cc3ccccc3[nH]2)CC1. The number of H-pyrrole nitrogens is 1. The summed E-state index contributed by atoms with van der Waals surface area (Å²) in [6, 6.07) is 9.98. The van der Waals surface area contributed by atoms with E-state index in [2.05, 4.69) is 28.4 Å². The number of nitrogens with one attached hydrogen (secondary N) is 1. The molecule has 5 heteroatoms. The lowest BCUT2D eigenvalue weighted by atomic mass is 9.96. The molecule has 1 fully saturated rings. The number of hydrogen-bond acceptors (Lipinski definition) is 2. The molecule has 1 saturated heterocycles. The van der Waals surface area contributed by atoms with E-state index in [1.54, 1.807) is 0 Å². The predicted molar refractivity (Wildman–Crippen MR) is 98.6 cm³/mol. The van der Waals surface area contributed by atoms with E-state index in [-0.39, 0.29) is 5.91 Å². The van der Waals surface area contributed by atoms with Gasteiger partial charge in [-0.25, -0.2) is 4.98 Å². The third-order valence-electron chi connectivity index (χ3n) is 5.36. The Morgan fingerprint density at radius 1 is 1.24 bits per heavy atom. The van der Waals surface area contributed by atoms with E-state index in [0.717, 1.165) is 49.2 Å². The normalized spacial score (nSPS) is 15.8. The van der Waals surface area contributed by atoms with Crippen molar-refractivity contribution in [3.8, 4) is 0 Å². The third-order valence-corrected chi connectivity index (χ3v) is 5.36. The van der Waals surface area contributed by atoms with Crippen LogP contribution in [0.15, 0.2) is 36.5 Å². The van der Waals surface area contributed by atoms with Gasteiger partial charge in [-0.1, -0.05) is 18.2 Å². The number of fused-ring (bicyclic) bond motifs is 1. The van der Waals surface area contributed by atoms with Crippen LogP contribution in [0.2, 0.25) is 0 Å². The Balaban J connectivity index is 1.40. The second-order valence-electron chi connectivity index (χ2n) is 7.06. The quantitative estimate of drug-likeness (QED) is 0.795. The van der Waals surface area contributed by atoms with E-state index >= 15 is 0 Å². The van der Waals surface area contributed by atoms with Crippen LogP contribution in [0.1, 0.15) is 34.8 Å². The number of hydrogen-bond donors (Lipinski definition) is 1. The van der Waals surface area contributed by atoms with Gasteiger partial charge in [0.1, 0.15) is 11.5 Å². The van der Waals surface area contributed by atoms with Crippen molar-refractivity contribution in [2.45, 2.75) is 33.2 Å². The second kappa shape index (κ2) is 6.39. The zero-order valence-electron chi connectivity index (χ0n) is 14.8. The average Bonchev–Trinajstić information content (AvgIpc) is 3.20. The molecule has 2 aromatic heterocycles. The topological polar surface area (TPSA) is 53.9 Å². The first-order valence-electron chi connectivity index (χ1n) is 8.97. The maximum atomic E-state index is 12.8. The summed E-state index contributed by atoms with van der Waals surface area (Å²) in [5.41, 5.74) is 2.93. The van der Waals surface area contributed by atoms with Gasteiger partial charge in [0.2, 0.25) is 0 Å². The Hall–Kier alpha value is -2.56. The number of imidazole rings is 1. The summed E-state index contributed by atoms with van der Waals surface area (Å²) in [7, 11) is 0. The highest BCUT2D eigenvalue weighted by Gasteiger charge is 2.25. The van der Waals surface area contributed by atoms with Crippen LogP contribution in [0.4, 0.5) is 0 Å². The van der Waals surface area contributed by atoms with Crippen LogP contribution in [0.3, 0.4) is 0 Å². The molecule has 1 aromatic carbocycles. The first kappa shape index (κ1) is 15.9. The highest BCUT2D eigenvalue weighted by Crippen LogP contribution is 2.23. The first-order chi connectivity index (χ1) is 12.1. The van der Waals surface area contributed by atoms with E-state index in [0.29, 0.717) is 11.6 Å². The van der Waals surface area contributed by atoms with Gasteiger partial charge >= 0.3 is 0 Å². The van der Waals surface area contributed by atoms with Crippen LogP contribution < -0.4 is 0 Å². The summed E-state index contributed by atoms with van der Waals surface area (Å²) in [5, 5.41) is 1.09. The molecule has 0 radical (unpaired) electrons. The van der Waals surface area contributed by atoms with Gasteiger partial charge in [-0.3, -0.25) is 4.79 Å². The van der Waals surface area contributed by atoms with Crippen molar-refractivity contribution in [1.29, 1.82) is 0 Å². The van der Waals surface area contributed by atoms with Crippen molar-refractivity contribution in [2.75, 3.05) is 13.1 Å². The van der Waals surface area contributed by atoms with Crippen molar-refractivity contribution in [1.82, 2.24) is 19.4 Å². The molecule has 0 bridgehead atoms. The van der Waals surface area contributed by atoms with Crippen molar-refractivity contribution in [3.05, 3.63) is 53.7 Å². The molecule has 5 nitrogen and oxygen atoms in total. The van der Waals surface area contributed by atoms with Crippen LogP contribution in [0.25, 0.3) is 10.9 Å². The molecule has 3 aromatic rings. The number of para-hydroxylation sites is 1. The van der Waals surface area contributed by atoms with Crippen molar-refractivity contribution in [3.63, 3.8) is 0 Å². The zero-order chi connectivity index (χ0) is 17.4. The molecular weight excluding hydrogens is 312 g/mol. The van der Waals surface area contributed by atoms with E-state index in [4.69, 9.17) is 0 Å². The fraction of sp³-hybridized carbons (Fsp3) is 0.400. The van der Waals surface area contributed by atoms with Gasteiger partial charge in [0.05, 0.1) is 0 Å². The molecule has 25 heavy (non-hydrogen) atoms. The lowest BCUT2D eigenvalue weighted by Gasteiger charge is -2.32. The summed E-state index contributed by atoms with van der Waals surface area (Å²) in [6.07, 6.45) is 4.02. The van der Waals surface area contributed by atoms with Crippen LogP contribution in [0.5, 0.6) is 0 Å². The number of rotatable bonds is 3. The van der Waals surface area contributed by atoms with Crippen molar-refractivity contribution >= 4 is 16.8 Å². The first-order valence-corrected chi connectivity index (χ1v) is 8.97. The van der Waals surface area contributed by atoms with Gasteiger partial charge in [-0.2, -0.15) is 0 Å². The van der Waals surface area contributed by atoms with Crippen LogP contribution in [-0.2, 0) is 6.54 Å². The Morgan fingerprint density at radius 2 is 2.00 bits per heavy atom. The third kappa shape index (κ3) is 3.06. The molecule has 4 rings (SSSR count). The average molecular weight is 336 g/mol. The maximum absolute atomic E-state index is 12.8. The van der Waals surface area contributed by atoms with Gasteiger partial charge in [0.25, 0.3) is 5.91 Å². The monoisotopic (exact) mass is 336 g/mol. The van der Waals surface area contributed by atoms with Gasteiger partial charge in [0.15, 0.2) is 0 Å². The molecule has 1 aliphatic heterocycles. The minimum Gasteiger partial charge on any atom is -0.351 e. The molecule has 0 atom stereocenters. The van der Waals surface area contributed by atoms with E-state index in [9.17, 15) is 4.79 Å². The van der Waals surface area contributed by atoms with Gasteiger partial charge in [-0.15, -0.1) is 0 Å². The Kier molecular flexibility index (Phi) is 4.07. The molecule has 1 N–H and O–H groups in total. The number of nitrogens with zero attached hydrogens (tertiary/aromatic N) is 3. The van der Waals surface area contributed by atoms with Gasteiger partial charge in [-0.05, 0) is 44.7 Å². The number of amides is 1. The maximum Gasteiger partial charge on any atom is 0.270 e. The molecule has 0 aliphatic carbocycles. The summed E-state index contributed by atoms with van der Waals surface area (Å²) in [4.78, 5) is 22.4. The number of aromatic nitrogens is 3. The lowest BCUT2D eigenvalue weighted by Crippen LogP contribution is -2.39. The predicted octanol–water partition coefficient (Wildman–Crippen LogP) is 3.53. The number of carbonyl (C=O) groups excluding carboxylic acids is 1. The molecule has 130 valence electrons. The highest BCUT2D eigenvalue weighted by molar-refractivity contribution is 5.98. The zero-order valence-corrected chi connectivity index (χ0v) is 14.8. The van der Waals surface area contributed by atoms with Crippen molar-refractivity contribution < 1.29 is 4.79 Å². The molecule has 0 unspecified atom stereocenters. The molecule has 0 saturated carbocycles. The lowest BCUT2D eigenvalue weighted by molar-refractivity contribution is 0.0677. The van der Waals surface area contributed by atoms with Gasteiger partial charge < -0.3 is 14.5 Å².